The van der Waals surface area contributed by atoms with E-state index in [1.54, 1.807) is 0 Å². The molecule has 2 nitrogen and oxygen atoms in total. The van der Waals surface area contributed by atoms with Crippen molar-refractivity contribution in [2.75, 3.05) is 5.73 Å². The molecule has 1 rings (SSSR count). The van der Waals surface area contributed by atoms with E-state index in [4.69, 9.17) is 17.3 Å². The van der Waals surface area contributed by atoms with Crippen LogP contribution in [-0.2, 0) is 5.41 Å². The first kappa shape index (κ1) is 9.81. The lowest BCUT2D eigenvalue weighted by atomic mass is 9.89. The van der Waals surface area contributed by atoms with Crippen LogP contribution in [0.4, 0.5) is 5.13 Å². The van der Waals surface area contributed by atoms with E-state index in [1.807, 2.05) is 0 Å². The van der Waals surface area contributed by atoms with Crippen LogP contribution >= 0.6 is 22.9 Å². The van der Waals surface area contributed by atoms with Gasteiger partial charge >= 0.3 is 0 Å². The molecule has 0 aromatic carbocycles. The molecule has 12 heavy (non-hydrogen) atoms. The van der Waals surface area contributed by atoms with Gasteiger partial charge in [0.15, 0.2) is 5.13 Å². The van der Waals surface area contributed by atoms with Crippen LogP contribution in [0.3, 0.4) is 0 Å². The van der Waals surface area contributed by atoms with Crippen LogP contribution < -0.4 is 5.73 Å². The Kier molecular flexibility index (Phi) is 2.64. The molecule has 0 radical (unpaired) electrons. The number of halogens is 1. The Morgan fingerprint density at radius 2 is 2.17 bits per heavy atom. The monoisotopic (exact) mass is 204 g/mol. The minimum Gasteiger partial charge on any atom is -0.375 e. The van der Waals surface area contributed by atoms with E-state index in [-0.39, 0.29) is 5.41 Å². The quantitative estimate of drug-likeness (QED) is 0.804. The standard InChI is InChI=1S/C8H13ClN2S/c1-4-8(2,3)5-6(9)11-7(10)12-5/h4H2,1-3H3,(H2,10,11). The lowest BCUT2D eigenvalue weighted by Crippen LogP contribution is -2.13. The Bertz CT molecular complexity index is 281. The Balaban J connectivity index is 3.09. The third kappa shape index (κ3) is 1.72. The van der Waals surface area contributed by atoms with Crippen LogP contribution in [0, 0.1) is 0 Å². The molecule has 1 aromatic heterocycles. The summed E-state index contributed by atoms with van der Waals surface area (Å²) in [5, 5.41) is 1.11. The maximum Gasteiger partial charge on any atom is 0.181 e. The van der Waals surface area contributed by atoms with Crippen molar-refractivity contribution in [2.24, 2.45) is 0 Å². The second-order valence-corrected chi connectivity index (χ2v) is 4.80. The summed E-state index contributed by atoms with van der Waals surface area (Å²) in [7, 11) is 0. The lowest BCUT2D eigenvalue weighted by molar-refractivity contribution is 0.516. The predicted octanol–water partition coefficient (Wildman–Crippen LogP) is 3.07. The molecule has 4 heteroatoms. The molecule has 68 valence electrons. The Morgan fingerprint density at radius 1 is 1.58 bits per heavy atom. The summed E-state index contributed by atoms with van der Waals surface area (Å²) < 4.78 is 0. The van der Waals surface area contributed by atoms with Gasteiger partial charge in [-0.1, -0.05) is 32.4 Å². The molecule has 0 amide bonds. The normalized spacial score (nSPS) is 12.0. The van der Waals surface area contributed by atoms with Crippen molar-refractivity contribution in [1.82, 2.24) is 4.98 Å². The molecule has 0 spiro atoms. The highest BCUT2D eigenvalue weighted by Gasteiger charge is 2.24. The number of anilines is 1. The van der Waals surface area contributed by atoms with E-state index in [9.17, 15) is 0 Å². The predicted molar refractivity (Wildman–Crippen MR) is 54.9 cm³/mol. The van der Waals surface area contributed by atoms with Gasteiger partial charge in [-0.05, 0) is 6.42 Å². The van der Waals surface area contributed by atoms with Gasteiger partial charge in [-0.3, -0.25) is 0 Å². The first-order chi connectivity index (χ1) is 5.47. The molecule has 0 fully saturated rings. The highest BCUT2D eigenvalue weighted by Crippen LogP contribution is 2.37. The van der Waals surface area contributed by atoms with Gasteiger partial charge in [-0.25, -0.2) is 4.98 Å². The fraction of sp³-hybridized carbons (Fsp3) is 0.625. The van der Waals surface area contributed by atoms with E-state index in [2.05, 4.69) is 25.8 Å². The number of nitrogens with two attached hydrogens (primary N) is 1. The molecule has 1 heterocycles. The molecular formula is C8H13ClN2S. The number of thiazole rings is 1. The number of nitrogen functional groups attached to an aromatic ring is 1. The maximum atomic E-state index is 5.93. The lowest BCUT2D eigenvalue weighted by Gasteiger charge is -2.20. The zero-order valence-corrected chi connectivity index (χ0v) is 9.09. The van der Waals surface area contributed by atoms with E-state index in [0.29, 0.717) is 10.3 Å². The fourth-order valence-electron chi connectivity index (χ4n) is 0.895. The van der Waals surface area contributed by atoms with Gasteiger partial charge in [-0.15, -0.1) is 11.3 Å². The van der Waals surface area contributed by atoms with Gasteiger partial charge < -0.3 is 5.73 Å². The van der Waals surface area contributed by atoms with Crippen LogP contribution in [0.25, 0.3) is 0 Å². The number of hydrogen-bond acceptors (Lipinski definition) is 3. The zero-order chi connectivity index (χ0) is 9.35. The van der Waals surface area contributed by atoms with Crippen LogP contribution in [0.5, 0.6) is 0 Å². The molecule has 0 aliphatic heterocycles. The summed E-state index contributed by atoms with van der Waals surface area (Å²) in [5.41, 5.74) is 5.64. The van der Waals surface area contributed by atoms with Gasteiger partial charge in [0.25, 0.3) is 0 Å². The first-order valence-electron chi connectivity index (χ1n) is 3.89. The molecule has 2 N–H and O–H groups in total. The molecule has 0 saturated carbocycles. The van der Waals surface area contributed by atoms with Crippen LogP contribution in [0.1, 0.15) is 32.1 Å². The van der Waals surface area contributed by atoms with Crippen LogP contribution in [0.2, 0.25) is 5.15 Å². The van der Waals surface area contributed by atoms with E-state index in [0.717, 1.165) is 11.3 Å². The van der Waals surface area contributed by atoms with Gasteiger partial charge in [0, 0.05) is 5.41 Å². The van der Waals surface area contributed by atoms with Crippen LogP contribution in [0.15, 0.2) is 0 Å². The highest BCUT2D eigenvalue weighted by molar-refractivity contribution is 7.16. The second kappa shape index (κ2) is 3.23. The molecule has 0 saturated heterocycles. The Morgan fingerprint density at radius 3 is 2.50 bits per heavy atom. The van der Waals surface area contributed by atoms with E-state index < -0.39 is 0 Å². The minimum atomic E-state index is 0.0897. The van der Waals surface area contributed by atoms with E-state index >= 15 is 0 Å². The average Bonchev–Trinajstić information content (AvgIpc) is 2.31. The largest absolute Gasteiger partial charge is 0.375 e. The highest BCUT2D eigenvalue weighted by atomic mass is 35.5. The molecule has 0 aliphatic rings. The number of nitrogens with zero attached hydrogens (tertiary/aromatic N) is 1. The second-order valence-electron chi connectivity index (χ2n) is 3.41. The summed E-state index contributed by atoms with van der Waals surface area (Å²) in [5.74, 6) is 0. The van der Waals surface area contributed by atoms with Crippen molar-refractivity contribution >= 4 is 28.1 Å². The minimum absolute atomic E-state index is 0.0897. The van der Waals surface area contributed by atoms with Crippen LogP contribution in [-0.4, -0.2) is 4.98 Å². The van der Waals surface area contributed by atoms with Crippen molar-refractivity contribution in [2.45, 2.75) is 32.6 Å². The van der Waals surface area contributed by atoms with Gasteiger partial charge in [0.1, 0.15) is 5.15 Å². The van der Waals surface area contributed by atoms with Crippen molar-refractivity contribution in [3.63, 3.8) is 0 Å². The Hall–Kier alpha value is -0.280. The summed E-state index contributed by atoms with van der Waals surface area (Å²) in [6.07, 6.45) is 1.04. The first-order valence-corrected chi connectivity index (χ1v) is 5.09. The summed E-state index contributed by atoms with van der Waals surface area (Å²) in [4.78, 5) is 5.07. The molecule has 0 aliphatic carbocycles. The van der Waals surface area contributed by atoms with Crippen molar-refractivity contribution in [3.05, 3.63) is 10.0 Å². The number of rotatable bonds is 2. The number of hydrogen-bond donors (Lipinski definition) is 1. The Labute approximate surface area is 81.8 Å². The topological polar surface area (TPSA) is 38.9 Å². The third-order valence-electron chi connectivity index (χ3n) is 2.10. The number of aromatic nitrogens is 1. The zero-order valence-electron chi connectivity index (χ0n) is 7.52. The smallest absolute Gasteiger partial charge is 0.181 e. The van der Waals surface area contributed by atoms with E-state index in [1.165, 1.54) is 11.3 Å². The SMILES string of the molecule is CCC(C)(C)c1sc(N)nc1Cl. The van der Waals surface area contributed by atoms with Crippen molar-refractivity contribution in [3.8, 4) is 0 Å². The van der Waals surface area contributed by atoms with Gasteiger partial charge in [0.2, 0.25) is 0 Å². The van der Waals surface area contributed by atoms with Crippen molar-refractivity contribution < 1.29 is 0 Å². The fourth-order valence-corrected chi connectivity index (χ4v) is 2.30. The summed E-state index contributed by atoms with van der Waals surface area (Å²) in [6.45, 7) is 6.42. The summed E-state index contributed by atoms with van der Waals surface area (Å²) in [6, 6.07) is 0. The van der Waals surface area contributed by atoms with Gasteiger partial charge in [0.05, 0.1) is 4.88 Å². The average molecular weight is 205 g/mol. The molecule has 0 atom stereocenters. The molecule has 0 unspecified atom stereocenters. The molecule has 0 bridgehead atoms. The van der Waals surface area contributed by atoms with Crippen molar-refractivity contribution in [1.29, 1.82) is 0 Å². The maximum absolute atomic E-state index is 5.93. The molecule has 1 aromatic rings. The third-order valence-corrected chi connectivity index (χ3v) is 3.74. The summed E-state index contributed by atoms with van der Waals surface area (Å²) >= 11 is 7.41. The molecular weight excluding hydrogens is 192 g/mol. The van der Waals surface area contributed by atoms with Gasteiger partial charge in [-0.2, -0.15) is 0 Å².